The second-order valence-electron chi connectivity index (χ2n) is 2.94. The number of benzene rings is 1. The van der Waals surface area contributed by atoms with Crippen molar-refractivity contribution in [3.05, 3.63) is 28.8 Å². The molecule has 1 nitrogen and oxygen atoms in total. The van der Waals surface area contributed by atoms with E-state index in [2.05, 4.69) is 5.32 Å². The fourth-order valence-corrected chi connectivity index (χ4v) is 1.79. The van der Waals surface area contributed by atoms with Gasteiger partial charge in [-0.25, -0.2) is 0 Å². The van der Waals surface area contributed by atoms with Crippen molar-refractivity contribution in [1.29, 1.82) is 0 Å². The molecule has 0 aliphatic carbocycles. The lowest BCUT2D eigenvalue weighted by molar-refractivity contribution is 0.447. The van der Waals surface area contributed by atoms with Crippen LogP contribution in [0.15, 0.2) is 18.2 Å². The molecular weight excluding hydrogens is 177 g/mol. The Hall–Kier alpha value is -0.760. The zero-order valence-corrected chi connectivity index (χ0v) is 7.24. The van der Waals surface area contributed by atoms with E-state index in [4.69, 9.17) is 11.6 Å². The fourth-order valence-electron chi connectivity index (χ4n) is 1.54. The third-order valence-electron chi connectivity index (χ3n) is 2.20. The highest BCUT2D eigenvalue weighted by atomic mass is 35.5. The summed E-state index contributed by atoms with van der Waals surface area (Å²) in [6, 6.07) is 5.59. The topological polar surface area (TPSA) is 12.0 Å². The van der Waals surface area contributed by atoms with Gasteiger partial charge in [-0.2, -0.15) is 0 Å². The molecule has 0 saturated heterocycles. The van der Waals surface area contributed by atoms with Crippen LogP contribution in [0.5, 0.6) is 0 Å². The minimum atomic E-state index is -0.319. The Labute approximate surface area is 75.5 Å². The highest BCUT2D eigenvalue weighted by Gasteiger charge is 2.23. The summed E-state index contributed by atoms with van der Waals surface area (Å²) in [5.74, 6) is -0.0151. The number of nitrogens with one attached hydrogen (secondary N) is 1. The maximum Gasteiger partial charge on any atom is 0.0980 e. The van der Waals surface area contributed by atoms with Crippen LogP contribution < -0.4 is 5.32 Å². The zero-order valence-electron chi connectivity index (χ0n) is 6.48. The molecule has 2 rings (SSSR count). The van der Waals surface area contributed by atoms with Crippen molar-refractivity contribution in [3.63, 3.8) is 0 Å². The molecule has 1 unspecified atom stereocenters. The lowest BCUT2D eigenvalue weighted by Gasteiger charge is -2.03. The third-order valence-corrected chi connectivity index (χ3v) is 2.51. The van der Waals surface area contributed by atoms with E-state index in [-0.39, 0.29) is 12.6 Å². The molecule has 0 bridgehead atoms. The monoisotopic (exact) mass is 185 g/mol. The molecule has 12 heavy (non-hydrogen) atoms. The van der Waals surface area contributed by atoms with Crippen molar-refractivity contribution in [2.24, 2.45) is 0 Å². The van der Waals surface area contributed by atoms with Crippen molar-refractivity contribution in [2.45, 2.75) is 5.92 Å². The van der Waals surface area contributed by atoms with Gasteiger partial charge in [-0.15, -0.1) is 0 Å². The Bertz CT molecular complexity index is 301. The standard InChI is InChI=1S/C9H9ClFN/c10-8-3-1-2-7-6(4-11)5-12-9(7)8/h1-3,6,12H,4-5H2. The van der Waals surface area contributed by atoms with E-state index in [0.29, 0.717) is 11.6 Å². The van der Waals surface area contributed by atoms with E-state index in [1.807, 2.05) is 18.2 Å². The molecule has 1 aromatic rings. The Morgan fingerprint density at radius 3 is 3.17 bits per heavy atom. The number of fused-ring (bicyclic) bond motifs is 1. The highest BCUT2D eigenvalue weighted by molar-refractivity contribution is 6.33. The summed E-state index contributed by atoms with van der Waals surface area (Å²) < 4.78 is 12.4. The molecule has 1 aromatic carbocycles. The average Bonchev–Trinajstić information content (AvgIpc) is 2.49. The van der Waals surface area contributed by atoms with Gasteiger partial charge in [0.1, 0.15) is 0 Å². The van der Waals surface area contributed by atoms with Gasteiger partial charge in [-0.05, 0) is 11.6 Å². The molecule has 1 heterocycles. The molecule has 0 aromatic heterocycles. The number of hydrogen-bond donors (Lipinski definition) is 1. The molecule has 0 radical (unpaired) electrons. The molecule has 64 valence electrons. The predicted molar refractivity (Wildman–Crippen MR) is 48.7 cm³/mol. The number of halogens is 2. The van der Waals surface area contributed by atoms with E-state index < -0.39 is 0 Å². The minimum absolute atomic E-state index is 0.0151. The molecule has 1 aliphatic heterocycles. The Balaban J connectivity index is 2.46. The smallest absolute Gasteiger partial charge is 0.0980 e. The van der Waals surface area contributed by atoms with Crippen LogP contribution in [-0.4, -0.2) is 13.2 Å². The largest absolute Gasteiger partial charge is 0.383 e. The van der Waals surface area contributed by atoms with E-state index in [0.717, 1.165) is 11.3 Å². The van der Waals surface area contributed by atoms with E-state index in [1.54, 1.807) is 0 Å². The summed E-state index contributed by atoms with van der Waals surface area (Å²) in [6.07, 6.45) is 0. The summed E-state index contributed by atoms with van der Waals surface area (Å²) in [5.41, 5.74) is 1.91. The van der Waals surface area contributed by atoms with Gasteiger partial charge < -0.3 is 5.32 Å². The Morgan fingerprint density at radius 2 is 2.42 bits per heavy atom. The Morgan fingerprint density at radius 1 is 1.58 bits per heavy atom. The van der Waals surface area contributed by atoms with E-state index in [1.165, 1.54) is 0 Å². The summed E-state index contributed by atoms with van der Waals surface area (Å²) in [6.45, 7) is 0.343. The predicted octanol–water partition coefficient (Wildman–Crippen LogP) is 2.82. The molecule has 0 spiro atoms. The molecule has 1 N–H and O–H groups in total. The second kappa shape index (κ2) is 2.94. The first-order chi connectivity index (χ1) is 5.83. The molecule has 0 amide bonds. The second-order valence-corrected chi connectivity index (χ2v) is 3.34. The maximum atomic E-state index is 12.4. The first-order valence-electron chi connectivity index (χ1n) is 3.91. The fraction of sp³-hybridized carbons (Fsp3) is 0.333. The summed E-state index contributed by atoms with van der Waals surface area (Å²) >= 11 is 5.91. The van der Waals surface area contributed by atoms with Crippen LogP contribution >= 0.6 is 11.6 Å². The zero-order chi connectivity index (χ0) is 8.55. The Kier molecular flexibility index (Phi) is 1.93. The number of hydrogen-bond acceptors (Lipinski definition) is 1. The summed E-state index contributed by atoms with van der Waals surface area (Å²) in [7, 11) is 0. The quantitative estimate of drug-likeness (QED) is 0.710. The van der Waals surface area contributed by atoms with Gasteiger partial charge in [0.25, 0.3) is 0 Å². The SMILES string of the molecule is FCC1CNc2c(Cl)cccc21. The summed E-state index contributed by atoms with van der Waals surface area (Å²) in [5, 5.41) is 3.78. The van der Waals surface area contributed by atoms with Crippen LogP contribution in [0.2, 0.25) is 5.02 Å². The third kappa shape index (κ3) is 1.07. The van der Waals surface area contributed by atoms with Crippen molar-refractivity contribution >= 4 is 17.3 Å². The molecule has 0 fully saturated rings. The highest BCUT2D eigenvalue weighted by Crippen LogP contribution is 2.36. The molecule has 1 aliphatic rings. The number of para-hydroxylation sites is 1. The maximum absolute atomic E-state index is 12.4. The number of anilines is 1. The van der Waals surface area contributed by atoms with Crippen molar-refractivity contribution < 1.29 is 4.39 Å². The van der Waals surface area contributed by atoms with Crippen molar-refractivity contribution in [1.82, 2.24) is 0 Å². The lowest BCUT2D eigenvalue weighted by atomic mass is 10.0. The molecule has 0 saturated carbocycles. The first-order valence-corrected chi connectivity index (χ1v) is 4.29. The van der Waals surface area contributed by atoms with Gasteiger partial charge in [-0.3, -0.25) is 4.39 Å². The van der Waals surface area contributed by atoms with Crippen LogP contribution in [0, 0.1) is 0 Å². The molecule has 1 atom stereocenters. The van der Waals surface area contributed by atoms with Gasteiger partial charge in [0, 0.05) is 12.5 Å². The first kappa shape index (κ1) is 7.87. The van der Waals surface area contributed by atoms with E-state index >= 15 is 0 Å². The van der Waals surface area contributed by atoms with Gasteiger partial charge in [0.05, 0.1) is 17.4 Å². The van der Waals surface area contributed by atoms with Crippen LogP contribution in [0.4, 0.5) is 10.1 Å². The average molecular weight is 186 g/mol. The van der Waals surface area contributed by atoms with E-state index in [9.17, 15) is 4.39 Å². The normalized spacial score (nSPS) is 20.3. The van der Waals surface area contributed by atoms with Crippen LogP contribution in [0.1, 0.15) is 11.5 Å². The van der Waals surface area contributed by atoms with Gasteiger partial charge >= 0.3 is 0 Å². The van der Waals surface area contributed by atoms with Crippen molar-refractivity contribution in [3.8, 4) is 0 Å². The summed E-state index contributed by atoms with van der Waals surface area (Å²) in [4.78, 5) is 0. The number of rotatable bonds is 1. The van der Waals surface area contributed by atoms with Crippen LogP contribution in [0.25, 0.3) is 0 Å². The molecular formula is C9H9ClFN. The molecule has 3 heteroatoms. The van der Waals surface area contributed by atoms with Crippen LogP contribution in [0.3, 0.4) is 0 Å². The van der Waals surface area contributed by atoms with Gasteiger partial charge in [-0.1, -0.05) is 23.7 Å². The number of alkyl halides is 1. The van der Waals surface area contributed by atoms with Gasteiger partial charge in [0.15, 0.2) is 0 Å². The van der Waals surface area contributed by atoms with Gasteiger partial charge in [0.2, 0.25) is 0 Å². The lowest BCUT2D eigenvalue weighted by Crippen LogP contribution is -2.02. The van der Waals surface area contributed by atoms with Crippen molar-refractivity contribution in [2.75, 3.05) is 18.5 Å². The van der Waals surface area contributed by atoms with Crippen LogP contribution in [-0.2, 0) is 0 Å². The minimum Gasteiger partial charge on any atom is -0.383 e.